The van der Waals surface area contributed by atoms with Gasteiger partial charge in [0, 0.05) is 0 Å². The lowest BCUT2D eigenvalue weighted by molar-refractivity contribution is 0.0443. The highest BCUT2D eigenvalue weighted by Crippen LogP contribution is 2.50. The van der Waals surface area contributed by atoms with Gasteiger partial charge in [-0.1, -0.05) is 47.5 Å². The molecular formula is C26H20O3. The van der Waals surface area contributed by atoms with Crippen LogP contribution in [0.4, 0.5) is 0 Å². The predicted octanol–water partition coefficient (Wildman–Crippen LogP) is 5.15. The molecule has 0 unspecified atom stereocenters. The van der Waals surface area contributed by atoms with Gasteiger partial charge in [0.15, 0.2) is 0 Å². The van der Waals surface area contributed by atoms with Crippen molar-refractivity contribution < 1.29 is 14.3 Å². The summed E-state index contributed by atoms with van der Waals surface area (Å²) in [7, 11) is 0. The van der Waals surface area contributed by atoms with Crippen molar-refractivity contribution in [1.82, 2.24) is 0 Å². The molecule has 6 rings (SSSR count). The highest BCUT2D eigenvalue weighted by atomic mass is 16.6. The van der Waals surface area contributed by atoms with Gasteiger partial charge in [0.1, 0.15) is 0 Å². The van der Waals surface area contributed by atoms with E-state index < -0.39 is 11.9 Å². The first kappa shape index (κ1) is 16.7. The molecule has 3 aliphatic rings. The zero-order valence-corrected chi connectivity index (χ0v) is 16.5. The molecule has 1 heterocycles. The van der Waals surface area contributed by atoms with Gasteiger partial charge >= 0.3 is 11.9 Å². The van der Waals surface area contributed by atoms with E-state index >= 15 is 0 Å². The van der Waals surface area contributed by atoms with Crippen molar-refractivity contribution in [2.75, 3.05) is 0 Å². The van der Waals surface area contributed by atoms with Crippen LogP contribution >= 0.6 is 0 Å². The van der Waals surface area contributed by atoms with Crippen molar-refractivity contribution in [1.29, 1.82) is 0 Å². The SMILES string of the molecule is Cc1ccc2c(c1)-c1c(c3c(c4c1-c1cc(C)ccc1CC4)C(=O)OC3=O)CC2. The fraction of sp³-hybridized carbons (Fsp3) is 0.231. The van der Waals surface area contributed by atoms with Gasteiger partial charge in [0.25, 0.3) is 0 Å². The number of fused-ring (bicyclic) bond motifs is 10. The van der Waals surface area contributed by atoms with Crippen LogP contribution in [0.25, 0.3) is 22.3 Å². The summed E-state index contributed by atoms with van der Waals surface area (Å²) in [6.45, 7) is 4.20. The number of carbonyl (C=O) groups is 2. The Hall–Kier alpha value is -3.20. The Kier molecular flexibility index (Phi) is 3.27. The number of carbonyl (C=O) groups excluding carboxylic acids is 2. The van der Waals surface area contributed by atoms with Crippen molar-refractivity contribution in [3.05, 3.63) is 80.9 Å². The number of esters is 2. The number of cyclic esters (lactones) is 2. The summed E-state index contributed by atoms with van der Waals surface area (Å²) in [4.78, 5) is 25.3. The molecule has 0 spiro atoms. The van der Waals surface area contributed by atoms with Crippen LogP contribution in [-0.2, 0) is 30.4 Å². The van der Waals surface area contributed by atoms with Gasteiger partial charge in [-0.25, -0.2) is 9.59 Å². The summed E-state index contributed by atoms with van der Waals surface area (Å²) in [5.74, 6) is -0.953. The molecule has 142 valence electrons. The van der Waals surface area contributed by atoms with Gasteiger partial charge in [0.05, 0.1) is 11.1 Å². The largest absolute Gasteiger partial charge is 0.386 e. The molecule has 0 fully saturated rings. The number of hydrogen-bond acceptors (Lipinski definition) is 3. The first-order valence-corrected chi connectivity index (χ1v) is 10.2. The quantitative estimate of drug-likeness (QED) is 0.400. The Morgan fingerprint density at radius 1 is 0.621 bits per heavy atom. The van der Waals surface area contributed by atoms with Crippen LogP contribution in [0, 0.1) is 13.8 Å². The summed E-state index contributed by atoms with van der Waals surface area (Å²) < 4.78 is 5.11. The monoisotopic (exact) mass is 380 g/mol. The third-order valence-electron chi connectivity index (χ3n) is 6.66. The van der Waals surface area contributed by atoms with Gasteiger partial charge < -0.3 is 4.74 Å². The minimum absolute atomic E-state index is 0.477. The van der Waals surface area contributed by atoms with E-state index in [0.717, 1.165) is 47.9 Å². The van der Waals surface area contributed by atoms with Crippen molar-refractivity contribution in [3.63, 3.8) is 0 Å². The first-order valence-electron chi connectivity index (χ1n) is 10.2. The highest BCUT2D eigenvalue weighted by molar-refractivity contribution is 6.19. The average molecular weight is 380 g/mol. The van der Waals surface area contributed by atoms with E-state index in [9.17, 15) is 9.59 Å². The van der Waals surface area contributed by atoms with E-state index in [1.165, 1.54) is 33.4 Å². The summed E-state index contributed by atoms with van der Waals surface area (Å²) in [5, 5.41) is 0. The minimum atomic E-state index is -0.477. The zero-order chi connectivity index (χ0) is 19.9. The maximum atomic E-state index is 12.7. The normalized spacial score (nSPS) is 15.8. The van der Waals surface area contributed by atoms with Crippen molar-refractivity contribution in [2.45, 2.75) is 39.5 Å². The molecule has 0 saturated carbocycles. The van der Waals surface area contributed by atoms with Crippen molar-refractivity contribution >= 4 is 11.9 Å². The Labute approximate surface area is 169 Å². The Bertz CT molecular complexity index is 1180. The van der Waals surface area contributed by atoms with Crippen LogP contribution in [0.3, 0.4) is 0 Å². The molecule has 0 radical (unpaired) electrons. The topological polar surface area (TPSA) is 43.4 Å². The molecule has 0 bridgehead atoms. The molecule has 0 aromatic heterocycles. The highest BCUT2D eigenvalue weighted by Gasteiger charge is 2.41. The van der Waals surface area contributed by atoms with Crippen LogP contribution in [0.5, 0.6) is 0 Å². The van der Waals surface area contributed by atoms with E-state index in [1.54, 1.807) is 0 Å². The third-order valence-corrected chi connectivity index (χ3v) is 6.66. The van der Waals surface area contributed by atoms with Gasteiger partial charge in [-0.2, -0.15) is 0 Å². The zero-order valence-electron chi connectivity index (χ0n) is 16.5. The maximum Gasteiger partial charge on any atom is 0.347 e. The second kappa shape index (κ2) is 5.66. The lowest BCUT2D eigenvalue weighted by Crippen LogP contribution is -2.17. The molecule has 0 atom stereocenters. The Morgan fingerprint density at radius 2 is 1.07 bits per heavy atom. The molecule has 3 nitrogen and oxygen atoms in total. The number of rotatable bonds is 0. The fourth-order valence-corrected chi connectivity index (χ4v) is 5.39. The van der Waals surface area contributed by atoms with Crippen LogP contribution < -0.4 is 0 Å². The van der Waals surface area contributed by atoms with Crippen LogP contribution in [-0.4, -0.2) is 11.9 Å². The van der Waals surface area contributed by atoms with Gasteiger partial charge in [-0.15, -0.1) is 0 Å². The molecule has 0 N–H and O–H groups in total. The van der Waals surface area contributed by atoms with Crippen LogP contribution in [0.1, 0.15) is 54.1 Å². The van der Waals surface area contributed by atoms with E-state index in [2.05, 4.69) is 50.2 Å². The predicted molar refractivity (Wildman–Crippen MR) is 111 cm³/mol. The lowest BCUT2D eigenvalue weighted by Gasteiger charge is -2.30. The van der Waals surface area contributed by atoms with E-state index in [1.807, 2.05) is 0 Å². The fourth-order valence-electron chi connectivity index (χ4n) is 5.39. The smallest absolute Gasteiger partial charge is 0.347 e. The molecule has 29 heavy (non-hydrogen) atoms. The van der Waals surface area contributed by atoms with Crippen molar-refractivity contribution in [2.24, 2.45) is 0 Å². The molecule has 2 aliphatic carbocycles. The van der Waals surface area contributed by atoms with E-state index in [-0.39, 0.29) is 0 Å². The van der Waals surface area contributed by atoms with Crippen LogP contribution in [0.2, 0.25) is 0 Å². The number of hydrogen-bond donors (Lipinski definition) is 0. The maximum absolute atomic E-state index is 12.7. The third kappa shape index (κ3) is 2.19. The van der Waals surface area contributed by atoms with E-state index in [4.69, 9.17) is 4.74 Å². The van der Waals surface area contributed by atoms with Gasteiger partial charge in [0.2, 0.25) is 0 Å². The average Bonchev–Trinajstić information content (AvgIpc) is 3.01. The van der Waals surface area contributed by atoms with Crippen molar-refractivity contribution in [3.8, 4) is 22.3 Å². The van der Waals surface area contributed by atoms with Gasteiger partial charge in [-0.05, 0) is 84.0 Å². The molecule has 3 aromatic carbocycles. The molecule has 0 saturated heterocycles. The first-order chi connectivity index (χ1) is 14.0. The molecule has 0 amide bonds. The Balaban J connectivity index is 1.82. The minimum Gasteiger partial charge on any atom is -0.386 e. The summed E-state index contributed by atoms with van der Waals surface area (Å²) in [5.41, 5.74) is 12.7. The summed E-state index contributed by atoms with van der Waals surface area (Å²) in [6.07, 6.45) is 3.25. The second-order valence-electron chi connectivity index (χ2n) is 8.46. The molecule has 3 heteroatoms. The second-order valence-corrected chi connectivity index (χ2v) is 8.46. The molecule has 3 aromatic rings. The standard InChI is InChI=1S/C26H20O3/c1-13-3-5-15-7-9-17-21(19(15)11-13)22-18(24-23(17)25(27)29-26(24)28)10-8-16-6-4-14(2)12-20(16)22/h3-6,11-12H,7-10H2,1-2H3. The number of ether oxygens (including phenoxy) is 1. The molecule has 1 aliphatic heterocycles. The van der Waals surface area contributed by atoms with Crippen LogP contribution in [0.15, 0.2) is 36.4 Å². The number of aryl methyl sites for hydroxylation is 4. The van der Waals surface area contributed by atoms with E-state index in [0.29, 0.717) is 11.1 Å². The summed E-state index contributed by atoms with van der Waals surface area (Å²) in [6, 6.07) is 13.2. The lowest BCUT2D eigenvalue weighted by atomic mass is 9.71. The summed E-state index contributed by atoms with van der Waals surface area (Å²) >= 11 is 0. The number of benzene rings is 3. The molecular weight excluding hydrogens is 360 g/mol. The Morgan fingerprint density at radius 3 is 1.52 bits per heavy atom. The van der Waals surface area contributed by atoms with Gasteiger partial charge in [-0.3, -0.25) is 0 Å².